The molecule has 1 amide bonds. The third kappa shape index (κ3) is 5.49. The Balaban J connectivity index is 1.82. The van der Waals surface area contributed by atoms with Crippen LogP contribution in [-0.2, 0) is 9.53 Å². The molecule has 166 valence electrons. The van der Waals surface area contributed by atoms with E-state index in [-0.39, 0.29) is 23.5 Å². The molecule has 1 fully saturated rings. The van der Waals surface area contributed by atoms with E-state index in [1.807, 2.05) is 0 Å². The number of hydrogen-bond acceptors (Lipinski definition) is 6. The Morgan fingerprint density at radius 2 is 2.19 bits per heavy atom. The minimum Gasteiger partial charge on any atom is -0.393 e. The summed E-state index contributed by atoms with van der Waals surface area (Å²) < 4.78 is 20.2. The van der Waals surface area contributed by atoms with Crippen molar-refractivity contribution >= 4 is 29.2 Å². The van der Waals surface area contributed by atoms with Crippen molar-refractivity contribution in [3.63, 3.8) is 0 Å². The Bertz CT molecular complexity index is 921. The van der Waals surface area contributed by atoms with Crippen LogP contribution in [0.2, 0.25) is 0 Å². The molecule has 0 bridgehead atoms. The number of ether oxygens (including phenoxy) is 1. The first kappa shape index (κ1) is 22.5. The first-order valence-electron chi connectivity index (χ1n) is 10.3. The molecule has 31 heavy (non-hydrogen) atoms. The summed E-state index contributed by atoms with van der Waals surface area (Å²) in [5.74, 6) is -0.527. The Hall–Kier alpha value is -3.20. The van der Waals surface area contributed by atoms with E-state index in [9.17, 15) is 9.18 Å². The molecule has 0 saturated carbocycles. The second kappa shape index (κ2) is 10.2. The predicted octanol–water partition coefficient (Wildman–Crippen LogP) is 2.31. The third-order valence-corrected chi connectivity index (χ3v) is 5.42. The van der Waals surface area contributed by atoms with Gasteiger partial charge in [0.25, 0.3) is 0 Å². The summed E-state index contributed by atoms with van der Waals surface area (Å²) in [6, 6.07) is 4.75. The molecule has 9 heteroatoms. The zero-order chi connectivity index (χ0) is 22.4. The van der Waals surface area contributed by atoms with E-state index in [2.05, 4.69) is 16.0 Å². The van der Waals surface area contributed by atoms with Crippen LogP contribution in [-0.4, -0.2) is 62.3 Å². The summed E-state index contributed by atoms with van der Waals surface area (Å²) in [5.41, 5.74) is 2.80. The molecule has 2 heterocycles. The quantitative estimate of drug-likeness (QED) is 0.338. The maximum absolute atomic E-state index is 14.7. The second-order valence-corrected chi connectivity index (χ2v) is 7.58. The van der Waals surface area contributed by atoms with Crippen LogP contribution in [0.3, 0.4) is 0 Å². The minimum atomic E-state index is -0.523. The number of carbonyl (C=O) groups is 1. The van der Waals surface area contributed by atoms with Crippen LogP contribution in [0.5, 0.6) is 0 Å². The van der Waals surface area contributed by atoms with Gasteiger partial charge in [0.15, 0.2) is 0 Å². The van der Waals surface area contributed by atoms with E-state index < -0.39 is 5.82 Å². The second-order valence-electron chi connectivity index (χ2n) is 7.58. The highest BCUT2D eigenvalue weighted by Crippen LogP contribution is 2.23. The lowest BCUT2D eigenvalue weighted by Gasteiger charge is -2.32. The zero-order valence-corrected chi connectivity index (χ0v) is 17.8. The van der Waals surface area contributed by atoms with Crippen molar-refractivity contribution in [3.8, 4) is 0 Å². The number of rotatable bonds is 7. The average Bonchev–Trinajstić information content (AvgIpc) is 3.26. The molecule has 0 aromatic heterocycles. The Kier molecular flexibility index (Phi) is 7.41. The first-order valence-corrected chi connectivity index (χ1v) is 10.3. The van der Waals surface area contributed by atoms with Crippen LogP contribution in [0.25, 0.3) is 5.57 Å². The standard InChI is InChI=1S/C22H29FN6O2/c1-14(30)29-7-5-20(27-17-6-8-31-13-17)18(12-29)22(25)28-21-4-3-15(9-19(21)23)16(10-24)11-26-2/h3-4,9-11,17,24,26-27H,5-8,12-13H2,1-2H3,(H2,25,28)/b16-11+,24-10?. The van der Waals surface area contributed by atoms with Crippen LogP contribution in [0, 0.1) is 16.6 Å². The lowest BCUT2D eigenvalue weighted by molar-refractivity contribution is -0.128. The van der Waals surface area contributed by atoms with Crippen molar-refractivity contribution in [3.05, 3.63) is 47.0 Å². The predicted molar refractivity (Wildman–Crippen MR) is 120 cm³/mol. The number of amides is 1. The fourth-order valence-corrected chi connectivity index (χ4v) is 3.69. The molecule has 1 atom stereocenters. The van der Waals surface area contributed by atoms with Crippen LogP contribution < -0.4 is 16.0 Å². The van der Waals surface area contributed by atoms with Crippen molar-refractivity contribution in [1.82, 2.24) is 15.5 Å². The third-order valence-electron chi connectivity index (χ3n) is 5.42. The van der Waals surface area contributed by atoms with E-state index in [1.54, 1.807) is 30.3 Å². The number of benzene rings is 1. The molecule has 5 N–H and O–H groups in total. The molecular formula is C22H29FN6O2. The molecule has 2 aliphatic heterocycles. The molecule has 1 unspecified atom stereocenters. The van der Waals surface area contributed by atoms with Crippen molar-refractivity contribution in [2.75, 3.05) is 38.7 Å². The molecular weight excluding hydrogens is 399 g/mol. The van der Waals surface area contributed by atoms with Crippen molar-refractivity contribution in [2.45, 2.75) is 25.8 Å². The van der Waals surface area contributed by atoms with E-state index in [4.69, 9.17) is 15.6 Å². The number of carbonyl (C=O) groups excluding carboxylic acids is 1. The highest BCUT2D eigenvalue weighted by atomic mass is 19.1. The monoisotopic (exact) mass is 428 g/mol. The maximum atomic E-state index is 14.7. The van der Waals surface area contributed by atoms with Gasteiger partial charge < -0.3 is 31.0 Å². The van der Waals surface area contributed by atoms with Gasteiger partial charge in [-0.3, -0.25) is 10.2 Å². The molecule has 8 nitrogen and oxygen atoms in total. The van der Waals surface area contributed by atoms with E-state index in [1.165, 1.54) is 13.0 Å². The summed E-state index contributed by atoms with van der Waals surface area (Å²) in [6.45, 7) is 3.69. The lowest BCUT2D eigenvalue weighted by Crippen LogP contribution is -2.42. The Labute approximate surface area is 181 Å². The highest BCUT2D eigenvalue weighted by molar-refractivity contribution is 6.09. The molecule has 1 aromatic carbocycles. The fourth-order valence-electron chi connectivity index (χ4n) is 3.69. The lowest BCUT2D eigenvalue weighted by atomic mass is 10.0. The van der Waals surface area contributed by atoms with Gasteiger partial charge >= 0.3 is 0 Å². The molecule has 0 radical (unpaired) electrons. The van der Waals surface area contributed by atoms with Gasteiger partial charge in [-0.15, -0.1) is 0 Å². The van der Waals surface area contributed by atoms with Crippen LogP contribution in [0.4, 0.5) is 10.1 Å². The zero-order valence-electron chi connectivity index (χ0n) is 17.8. The van der Waals surface area contributed by atoms with Gasteiger partial charge in [0.1, 0.15) is 11.7 Å². The summed E-state index contributed by atoms with van der Waals surface area (Å²) >= 11 is 0. The van der Waals surface area contributed by atoms with Gasteiger partial charge in [-0.1, -0.05) is 6.07 Å². The number of nitrogens with zero attached hydrogens (tertiary/aromatic N) is 1. The summed E-state index contributed by atoms with van der Waals surface area (Å²) in [5, 5.41) is 25.2. The number of halogens is 1. The number of hydrogen-bond donors (Lipinski definition) is 5. The molecule has 0 aliphatic carbocycles. The minimum absolute atomic E-state index is 0.0528. The SMILES string of the molecule is CN/C=C(\C=N)c1ccc(NC(=N)C2=C(NC3CCOC3)CCN(C(C)=O)C2)c(F)c1. The van der Waals surface area contributed by atoms with Crippen LogP contribution in [0.1, 0.15) is 25.3 Å². The molecule has 3 rings (SSSR count). The Morgan fingerprint density at radius 3 is 2.81 bits per heavy atom. The molecule has 1 saturated heterocycles. The van der Waals surface area contributed by atoms with Gasteiger partial charge in [0, 0.05) is 62.8 Å². The maximum Gasteiger partial charge on any atom is 0.219 e. The number of anilines is 1. The molecule has 1 aromatic rings. The number of nitrogens with one attached hydrogen (secondary N) is 5. The van der Waals surface area contributed by atoms with Crippen LogP contribution in [0.15, 0.2) is 35.7 Å². The van der Waals surface area contributed by atoms with Gasteiger partial charge in [-0.05, 0) is 24.1 Å². The normalized spacial score (nSPS) is 19.3. The van der Waals surface area contributed by atoms with Crippen molar-refractivity contribution in [2.24, 2.45) is 0 Å². The first-order chi connectivity index (χ1) is 14.9. The van der Waals surface area contributed by atoms with Gasteiger partial charge in [-0.2, -0.15) is 0 Å². The molecule has 0 spiro atoms. The summed E-state index contributed by atoms with van der Waals surface area (Å²) in [6.07, 6.45) is 4.26. The van der Waals surface area contributed by atoms with Gasteiger partial charge in [0.2, 0.25) is 5.91 Å². The summed E-state index contributed by atoms with van der Waals surface area (Å²) in [4.78, 5) is 13.6. The van der Waals surface area contributed by atoms with E-state index >= 15 is 0 Å². The topological polar surface area (TPSA) is 113 Å². The fraction of sp³-hybridized carbons (Fsp3) is 0.409. The Morgan fingerprint density at radius 1 is 1.39 bits per heavy atom. The average molecular weight is 429 g/mol. The molecule has 2 aliphatic rings. The number of amidine groups is 1. The number of allylic oxidation sites excluding steroid dienone is 1. The van der Waals surface area contributed by atoms with Gasteiger partial charge in [-0.25, -0.2) is 4.39 Å². The van der Waals surface area contributed by atoms with Gasteiger partial charge in [0.05, 0.1) is 24.9 Å². The smallest absolute Gasteiger partial charge is 0.219 e. The van der Waals surface area contributed by atoms with E-state index in [0.29, 0.717) is 49.4 Å². The van der Waals surface area contributed by atoms with Crippen molar-refractivity contribution < 1.29 is 13.9 Å². The van der Waals surface area contributed by atoms with Crippen LogP contribution >= 0.6 is 0 Å². The highest BCUT2D eigenvalue weighted by Gasteiger charge is 2.26. The largest absolute Gasteiger partial charge is 0.393 e. The summed E-state index contributed by atoms with van der Waals surface area (Å²) in [7, 11) is 1.71. The van der Waals surface area contributed by atoms with E-state index in [0.717, 1.165) is 18.3 Å². The van der Waals surface area contributed by atoms with Crippen molar-refractivity contribution in [1.29, 1.82) is 10.8 Å².